The minimum atomic E-state index is -3.55. The van der Waals surface area contributed by atoms with E-state index in [1.807, 2.05) is 27.1 Å². The topological polar surface area (TPSA) is 55.2 Å². The molecular formula is C14H18BrN3O2S. The Kier molecular flexibility index (Phi) is 4.85. The summed E-state index contributed by atoms with van der Waals surface area (Å²) >= 11 is 3.31. The normalized spacial score (nSPS) is 12.3. The predicted molar refractivity (Wildman–Crippen MR) is 85.2 cm³/mol. The van der Waals surface area contributed by atoms with E-state index in [1.165, 1.54) is 4.31 Å². The summed E-state index contributed by atoms with van der Waals surface area (Å²) in [7, 11) is -1.73. The van der Waals surface area contributed by atoms with E-state index in [9.17, 15) is 8.42 Å². The first-order valence-electron chi connectivity index (χ1n) is 6.55. The zero-order chi connectivity index (χ0) is 15.6. The van der Waals surface area contributed by atoms with E-state index in [0.717, 1.165) is 10.0 Å². The molecule has 0 amide bonds. The van der Waals surface area contributed by atoms with Gasteiger partial charge in [-0.25, -0.2) is 8.42 Å². The molecule has 2 rings (SSSR count). The zero-order valence-electron chi connectivity index (χ0n) is 12.2. The summed E-state index contributed by atoms with van der Waals surface area (Å²) in [5, 5.41) is 4.09. The first-order valence-corrected chi connectivity index (χ1v) is 8.79. The SMILES string of the molecule is CC(C)N(Cc1cnn(C)c1)S(=O)(=O)c1cccc(Br)c1. The van der Waals surface area contributed by atoms with Crippen LogP contribution in [0.2, 0.25) is 0 Å². The van der Waals surface area contributed by atoms with E-state index in [1.54, 1.807) is 35.1 Å². The number of aryl methyl sites for hydroxylation is 1. The molecule has 0 spiro atoms. The Morgan fingerprint density at radius 3 is 2.62 bits per heavy atom. The van der Waals surface area contributed by atoms with Crippen LogP contribution in [0.15, 0.2) is 46.0 Å². The van der Waals surface area contributed by atoms with Crippen LogP contribution in [0, 0.1) is 0 Å². The molecule has 1 aromatic heterocycles. The molecule has 21 heavy (non-hydrogen) atoms. The van der Waals surface area contributed by atoms with Gasteiger partial charge in [0.2, 0.25) is 10.0 Å². The van der Waals surface area contributed by atoms with E-state index >= 15 is 0 Å². The van der Waals surface area contributed by atoms with Crippen molar-refractivity contribution in [3.63, 3.8) is 0 Å². The minimum Gasteiger partial charge on any atom is -0.275 e. The molecule has 0 radical (unpaired) electrons. The standard InChI is InChI=1S/C14H18BrN3O2S/c1-11(2)18(10-12-8-16-17(3)9-12)21(19,20)14-6-4-5-13(15)7-14/h4-9,11H,10H2,1-3H3. The Bertz CT molecular complexity index is 725. The smallest absolute Gasteiger partial charge is 0.243 e. The molecule has 0 aliphatic heterocycles. The third-order valence-electron chi connectivity index (χ3n) is 3.08. The van der Waals surface area contributed by atoms with Crippen molar-refractivity contribution >= 4 is 26.0 Å². The van der Waals surface area contributed by atoms with Gasteiger partial charge >= 0.3 is 0 Å². The molecule has 114 valence electrons. The largest absolute Gasteiger partial charge is 0.275 e. The number of benzene rings is 1. The van der Waals surface area contributed by atoms with Crippen molar-refractivity contribution in [1.29, 1.82) is 0 Å². The molecule has 0 aliphatic carbocycles. The van der Waals surface area contributed by atoms with Gasteiger partial charge in [-0.2, -0.15) is 9.40 Å². The Morgan fingerprint density at radius 2 is 2.10 bits per heavy atom. The lowest BCUT2D eigenvalue weighted by Crippen LogP contribution is -2.36. The van der Waals surface area contributed by atoms with Gasteiger partial charge in [-0.1, -0.05) is 22.0 Å². The predicted octanol–water partition coefficient (Wildman–Crippen LogP) is 2.78. The first-order chi connectivity index (χ1) is 9.80. The highest BCUT2D eigenvalue weighted by atomic mass is 79.9. The third kappa shape index (κ3) is 3.72. The van der Waals surface area contributed by atoms with Gasteiger partial charge < -0.3 is 0 Å². The molecule has 0 bridgehead atoms. The van der Waals surface area contributed by atoms with Crippen LogP contribution in [0.25, 0.3) is 0 Å². The summed E-state index contributed by atoms with van der Waals surface area (Å²) in [6.07, 6.45) is 3.51. The van der Waals surface area contributed by atoms with Crippen LogP contribution in [0.5, 0.6) is 0 Å². The van der Waals surface area contributed by atoms with Crippen molar-refractivity contribution < 1.29 is 8.42 Å². The van der Waals surface area contributed by atoms with Gasteiger partial charge in [0.15, 0.2) is 0 Å². The molecule has 0 aliphatic rings. The molecule has 0 fully saturated rings. The van der Waals surface area contributed by atoms with Crippen molar-refractivity contribution in [3.8, 4) is 0 Å². The van der Waals surface area contributed by atoms with Gasteiger partial charge in [-0.15, -0.1) is 0 Å². The van der Waals surface area contributed by atoms with Crippen molar-refractivity contribution in [1.82, 2.24) is 14.1 Å². The van der Waals surface area contributed by atoms with Crippen LogP contribution in [-0.4, -0.2) is 28.5 Å². The van der Waals surface area contributed by atoms with Crippen LogP contribution in [-0.2, 0) is 23.6 Å². The highest BCUT2D eigenvalue weighted by Gasteiger charge is 2.27. The Morgan fingerprint density at radius 1 is 1.38 bits per heavy atom. The van der Waals surface area contributed by atoms with Crippen molar-refractivity contribution in [3.05, 3.63) is 46.7 Å². The van der Waals surface area contributed by atoms with Crippen LogP contribution in [0.4, 0.5) is 0 Å². The van der Waals surface area contributed by atoms with E-state index in [2.05, 4.69) is 21.0 Å². The molecule has 0 N–H and O–H groups in total. The molecule has 0 atom stereocenters. The van der Waals surface area contributed by atoms with E-state index in [-0.39, 0.29) is 10.9 Å². The van der Waals surface area contributed by atoms with Crippen LogP contribution in [0.3, 0.4) is 0 Å². The van der Waals surface area contributed by atoms with Crippen molar-refractivity contribution in [2.45, 2.75) is 31.3 Å². The second kappa shape index (κ2) is 6.29. The van der Waals surface area contributed by atoms with Crippen LogP contribution in [0.1, 0.15) is 19.4 Å². The summed E-state index contributed by atoms with van der Waals surface area (Å²) in [6, 6.07) is 6.61. The molecule has 0 saturated heterocycles. The number of rotatable bonds is 5. The van der Waals surface area contributed by atoms with E-state index in [0.29, 0.717) is 6.54 Å². The van der Waals surface area contributed by atoms with Gasteiger partial charge in [-0.05, 0) is 32.0 Å². The fourth-order valence-corrected chi connectivity index (χ4v) is 4.26. The van der Waals surface area contributed by atoms with Gasteiger partial charge in [0.25, 0.3) is 0 Å². The average molecular weight is 372 g/mol. The quantitative estimate of drug-likeness (QED) is 0.811. The zero-order valence-corrected chi connectivity index (χ0v) is 14.6. The minimum absolute atomic E-state index is 0.144. The molecule has 1 heterocycles. The van der Waals surface area contributed by atoms with Crippen molar-refractivity contribution in [2.75, 3.05) is 0 Å². The highest BCUT2D eigenvalue weighted by molar-refractivity contribution is 9.10. The maximum absolute atomic E-state index is 12.8. The molecule has 2 aromatic rings. The first kappa shape index (κ1) is 16.2. The number of hydrogen-bond donors (Lipinski definition) is 0. The maximum atomic E-state index is 12.8. The summed E-state index contributed by atoms with van der Waals surface area (Å²) in [6.45, 7) is 4.04. The van der Waals surface area contributed by atoms with Gasteiger partial charge in [-0.3, -0.25) is 4.68 Å². The molecule has 0 saturated carbocycles. The second-order valence-corrected chi connectivity index (χ2v) is 7.93. The summed E-state index contributed by atoms with van der Waals surface area (Å²) < 4.78 is 29.5. The van der Waals surface area contributed by atoms with E-state index in [4.69, 9.17) is 0 Å². The summed E-state index contributed by atoms with van der Waals surface area (Å²) in [4.78, 5) is 0.287. The fraction of sp³-hybridized carbons (Fsp3) is 0.357. The lowest BCUT2D eigenvalue weighted by atomic mass is 10.3. The molecule has 7 heteroatoms. The number of sulfonamides is 1. The number of hydrogen-bond acceptors (Lipinski definition) is 3. The molecule has 0 unspecified atom stereocenters. The number of halogens is 1. The Labute approximate surface area is 133 Å². The monoisotopic (exact) mass is 371 g/mol. The molecule has 1 aromatic carbocycles. The number of aromatic nitrogens is 2. The van der Waals surface area contributed by atoms with Gasteiger partial charge in [0.1, 0.15) is 0 Å². The second-order valence-electron chi connectivity index (χ2n) is 5.12. The van der Waals surface area contributed by atoms with Crippen molar-refractivity contribution in [2.24, 2.45) is 7.05 Å². The Balaban J connectivity index is 2.37. The number of nitrogens with zero attached hydrogens (tertiary/aromatic N) is 3. The average Bonchev–Trinajstić information content (AvgIpc) is 2.81. The van der Waals surface area contributed by atoms with Crippen LogP contribution < -0.4 is 0 Å². The van der Waals surface area contributed by atoms with E-state index < -0.39 is 10.0 Å². The lowest BCUT2D eigenvalue weighted by Gasteiger charge is -2.25. The molecular weight excluding hydrogens is 354 g/mol. The summed E-state index contributed by atoms with van der Waals surface area (Å²) in [5.41, 5.74) is 0.866. The maximum Gasteiger partial charge on any atom is 0.243 e. The molecule has 5 nitrogen and oxygen atoms in total. The van der Waals surface area contributed by atoms with Gasteiger partial charge in [0, 0.05) is 35.9 Å². The third-order valence-corrected chi connectivity index (χ3v) is 5.59. The Hall–Kier alpha value is -1.18. The van der Waals surface area contributed by atoms with Crippen LogP contribution >= 0.6 is 15.9 Å². The fourth-order valence-electron chi connectivity index (χ4n) is 2.04. The summed E-state index contributed by atoms with van der Waals surface area (Å²) in [5.74, 6) is 0. The van der Waals surface area contributed by atoms with Gasteiger partial charge in [0.05, 0.1) is 11.1 Å². The lowest BCUT2D eigenvalue weighted by molar-refractivity contribution is 0.348. The highest BCUT2D eigenvalue weighted by Crippen LogP contribution is 2.23.